The molecule has 0 saturated heterocycles. The van der Waals surface area contributed by atoms with Crippen molar-refractivity contribution in [1.82, 2.24) is 0 Å². The summed E-state index contributed by atoms with van der Waals surface area (Å²) < 4.78 is 21.6. The first-order valence-electron chi connectivity index (χ1n) is 8.02. The molecule has 0 aliphatic rings. The molecule has 0 saturated carbocycles. The van der Waals surface area contributed by atoms with E-state index in [0.29, 0.717) is 22.8 Å². The molecule has 0 bridgehead atoms. The summed E-state index contributed by atoms with van der Waals surface area (Å²) in [6.07, 6.45) is 0. The van der Waals surface area contributed by atoms with Gasteiger partial charge in [0, 0.05) is 0 Å². The van der Waals surface area contributed by atoms with Crippen molar-refractivity contribution in [3.8, 4) is 23.0 Å². The molecule has 0 aliphatic carbocycles. The monoisotopic (exact) mass is 350 g/mol. The molecule has 5 nitrogen and oxygen atoms in total. The Morgan fingerprint density at radius 2 is 1.38 bits per heavy atom. The Labute approximate surface area is 151 Å². The Kier molecular flexibility index (Phi) is 5.72. The fraction of sp³-hybridized carbons (Fsp3) is 0.0952. The maximum absolute atomic E-state index is 12.4. The molecule has 0 spiro atoms. The second-order valence-corrected chi connectivity index (χ2v) is 5.28. The summed E-state index contributed by atoms with van der Waals surface area (Å²) in [7, 11) is 1.60. The fourth-order valence-electron chi connectivity index (χ4n) is 2.24. The number of ether oxygens (including phenoxy) is 4. The number of benzene rings is 3. The van der Waals surface area contributed by atoms with Gasteiger partial charge in [0.1, 0.15) is 28.6 Å². The van der Waals surface area contributed by atoms with Gasteiger partial charge in [-0.25, -0.2) is 4.79 Å². The molecule has 0 aliphatic heterocycles. The van der Waals surface area contributed by atoms with Crippen LogP contribution in [0, 0.1) is 0 Å². The molecule has 3 rings (SSSR count). The van der Waals surface area contributed by atoms with E-state index in [-0.39, 0.29) is 6.79 Å². The SMILES string of the molecule is COc1ccc(OCOc2ccccc2C(=O)Oc2ccccc2)cc1. The van der Waals surface area contributed by atoms with Crippen LogP contribution in [0.4, 0.5) is 0 Å². The Hall–Kier alpha value is -3.47. The molecule has 0 atom stereocenters. The van der Waals surface area contributed by atoms with E-state index in [9.17, 15) is 4.79 Å². The lowest BCUT2D eigenvalue weighted by atomic mass is 10.2. The van der Waals surface area contributed by atoms with Gasteiger partial charge in [-0.3, -0.25) is 0 Å². The van der Waals surface area contributed by atoms with E-state index in [1.807, 2.05) is 6.07 Å². The zero-order valence-corrected chi connectivity index (χ0v) is 14.3. The summed E-state index contributed by atoms with van der Waals surface area (Å²) in [5, 5.41) is 0. The fourth-order valence-corrected chi connectivity index (χ4v) is 2.24. The van der Waals surface area contributed by atoms with E-state index >= 15 is 0 Å². The Morgan fingerprint density at radius 3 is 2.12 bits per heavy atom. The second-order valence-electron chi connectivity index (χ2n) is 5.28. The topological polar surface area (TPSA) is 54.0 Å². The number of hydrogen-bond donors (Lipinski definition) is 0. The standard InChI is InChI=1S/C21H18O5/c1-23-16-11-13-17(14-12-16)24-15-25-20-10-6-5-9-19(20)21(22)26-18-7-3-2-4-8-18/h2-14H,15H2,1H3. The number of hydrogen-bond acceptors (Lipinski definition) is 5. The van der Waals surface area contributed by atoms with Crippen LogP contribution in [-0.2, 0) is 0 Å². The van der Waals surface area contributed by atoms with E-state index in [1.165, 1.54) is 0 Å². The molecule has 3 aromatic rings. The lowest BCUT2D eigenvalue weighted by Crippen LogP contribution is -2.13. The number of para-hydroxylation sites is 2. The van der Waals surface area contributed by atoms with Crippen LogP contribution in [0.2, 0.25) is 0 Å². The number of esters is 1. The highest BCUT2D eigenvalue weighted by molar-refractivity contribution is 5.93. The normalized spacial score (nSPS) is 10.0. The third-order valence-electron chi connectivity index (χ3n) is 3.56. The van der Waals surface area contributed by atoms with Crippen LogP contribution >= 0.6 is 0 Å². The number of rotatable bonds is 7. The van der Waals surface area contributed by atoms with Gasteiger partial charge in [-0.1, -0.05) is 30.3 Å². The van der Waals surface area contributed by atoms with Crippen LogP contribution in [0.1, 0.15) is 10.4 Å². The van der Waals surface area contributed by atoms with E-state index < -0.39 is 5.97 Å². The first-order valence-corrected chi connectivity index (χ1v) is 8.02. The summed E-state index contributed by atoms with van der Waals surface area (Å²) in [6.45, 7) is -0.0397. The minimum Gasteiger partial charge on any atom is -0.497 e. The molecular weight excluding hydrogens is 332 g/mol. The third-order valence-corrected chi connectivity index (χ3v) is 3.56. The minimum atomic E-state index is -0.490. The molecule has 26 heavy (non-hydrogen) atoms. The van der Waals surface area contributed by atoms with Gasteiger partial charge in [-0.2, -0.15) is 0 Å². The molecule has 0 fully saturated rings. The predicted octanol–water partition coefficient (Wildman–Crippen LogP) is 4.33. The number of carbonyl (C=O) groups excluding carboxylic acids is 1. The first kappa shape index (κ1) is 17.4. The zero-order valence-electron chi connectivity index (χ0n) is 14.3. The van der Waals surface area contributed by atoms with Crippen molar-refractivity contribution < 1.29 is 23.7 Å². The lowest BCUT2D eigenvalue weighted by Gasteiger charge is -2.12. The first-order chi connectivity index (χ1) is 12.8. The molecule has 0 heterocycles. The van der Waals surface area contributed by atoms with Crippen LogP contribution in [0.15, 0.2) is 78.9 Å². The van der Waals surface area contributed by atoms with Gasteiger partial charge in [-0.15, -0.1) is 0 Å². The van der Waals surface area contributed by atoms with E-state index in [0.717, 1.165) is 5.75 Å². The maximum Gasteiger partial charge on any atom is 0.347 e. The van der Waals surface area contributed by atoms with Crippen molar-refractivity contribution >= 4 is 5.97 Å². The van der Waals surface area contributed by atoms with Crippen molar-refractivity contribution in [2.45, 2.75) is 0 Å². The molecule has 0 unspecified atom stereocenters. The smallest absolute Gasteiger partial charge is 0.347 e. The third kappa shape index (κ3) is 4.54. The van der Waals surface area contributed by atoms with Gasteiger partial charge >= 0.3 is 5.97 Å². The highest BCUT2D eigenvalue weighted by atomic mass is 16.7. The van der Waals surface area contributed by atoms with Crippen LogP contribution < -0.4 is 18.9 Å². The highest BCUT2D eigenvalue weighted by Gasteiger charge is 2.14. The molecule has 0 aromatic heterocycles. The van der Waals surface area contributed by atoms with Crippen molar-refractivity contribution in [1.29, 1.82) is 0 Å². The van der Waals surface area contributed by atoms with Gasteiger partial charge in [0.05, 0.1) is 7.11 Å². The average Bonchev–Trinajstić information content (AvgIpc) is 2.69. The number of methoxy groups -OCH3 is 1. The van der Waals surface area contributed by atoms with Gasteiger partial charge < -0.3 is 18.9 Å². The Bertz CT molecular complexity index is 844. The van der Waals surface area contributed by atoms with E-state index in [4.69, 9.17) is 18.9 Å². The molecule has 0 radical (unpaired) electrons. The summed E-state index contributed by atoms with van der Waals surface area (Å²) in [5.41, 5.74) is 0.328. The van der Waals surface area contributed by atoms with Crippen molar-refractivity contribution in [2.24, 2.45) is 0 Å². The number of carbonyl (C=O) groups is 1. The van der Waals surface area contributed by atoms with Gasteiger partial charge in [0.25, 0.3) is 0 Å². The molecule has 0 amide bonds. The van der Waals surface area contributed by atoms with Gasteiger partial charge in [-0.05, 0) is 48.5 Å². The summed E-state index contributed by atoms with van der Waals surface area (Å²) in [6, 6.07) is 22.9. The quantitative estimate of drug-likeness (QED) is 0.361. The molecule has 0 N–H and O–H groups in total. The van der Waals surface area contributed by atoms with Crippen molar-refractivity contribution in [3.63, 3.8) is 0 Å². The largest absolute Gasteiger partial charge is 0.497 e. The molecule has 132 valence electrons. The predicted molar refractivity (Wildman–Crippen MR) is 97.0 cm³/mol. The summed E-state index contributed by atoms with van der Waals surface area (Å²) in [5.74, 6) is 1.75. The van der Waals surface area contributed by atoms with E-state index in [2.05, 4.69) is 0 Å². The van der Waals surface area contributed by atoms with Gasteiger partial charge in [0.15, 0.2) is 0 Å². The Balaban J connectivity index is 1.62. The van der Waals surface area contributed by atoms with Crippen LogP contribution in [0.3, 0.4) is 0 Å². The Morgan fingerprint density at radius 1 is 0.731 bits per heavy atom. The zero-order chi connectivity index (χ0) is 18.2. The van der Waals surface area contributed by atoms with Crippen molar-refractivity contribution in [3.05, 3.63) is 84.4 Å². The average molecular weight is 350 g/mol. The molecule has 5 heteroatoms. The highest BCUT2D eigenvalue weighted by Crippen LogP contribution is 2.22. The van der Waals surface area contributed by atoms with Gasteiger partial charge in [0.2, 0.25) is 6.79 Å². The second kappa shape index (κ2) is 8.58. The summed E-state index contributed by atoms with van der Waals surface area (Å²) in [4.78, 5) is 12.4. The maximum atomic E-state index is 12.4. The minimum absolute atomic E-state index is 0.0397. The van der Waals surface area contributed by atoms with E-state index in [1.54, 1.807) is 79.9 Å². The van der Waals surface area contributed by atoms with Crippen LogP contribution in [0.25, 0.3) is 0 Å². The van der Waals surface area contributed by atoms with Crippen LogP contribution in [0.5, 0.6) is 23.0 Å². The lowest BCUT2D eigenvalue weighted by molar-refractivity contribution is 0.0719. The molecule has 3 aromatic carbocycles. The molecular formula is C21H18O5. The van der Waals surface area contributed by atoms with Crippen LogP contribution in [-0.4, -0.2) is 19.9 Å². The summed E-state index contributed by atoms with van der Waals surface area (Å²) >= 11 is 0. The van der Waals surface area contributed by atoms with Crippen molar-refractivity contribution in [2.75, 3.05) is 13.9 Å².